The highest BCUT2D eigenvalue weighted by atomic mass is 32.5. The van der Waals surface area contributed by atoms with E-state index < -0.39 is 135 Å². The van der Waals surface area contributed by atoms with Crippen molar-refractivity contribution in [2.45, 2.75) is 73.6 Å². The van der Waals surface area contributed by atoms with Crippen molar-refractivity contribution in [1.29, 1.82) is 0 Å². The summed E-state index contributed by atoms with van der Waals surface area (Å²) in [5, 5.41) is 21.1. The maximum Gasteiger partial charge on any atom is 0.472 e. The zero-order valence-corrected chi connectivity index (χ0v) is 45.0. The van der Waals surface area contributed by atoms with Gasteiger partial charge in [-0.25, -0.2) is 49.4 Å². The molecule has 9 heterocycles. The highest BCUT2D eigenvalue weighted by Gasteiger charge is 2.54. The van der Waals surface area contributed by atoms with Crippen molar-refractivity contribution in [2.75, 3.05) is 64.5 Å². The molecule has 3 saturated heterocycles. The number of nitrogens with zero attached hydrogens (tertiary/aromatic N) is 12. The Morgan fingerprint density at radius 1 is 0.553 bits per heavy atom. The summed E-state index contributed by atoms with van der Waals surface area (Å²) in [5.74, 6) is 0.0238. The van der Waals surface area contributed by atoms with Crippen LogP contribution in [-0.2, 0) is 95.3 Å². The number of hydrogen-bond donors (Lipinski definition) is 10. The summed E-state index contributed by atoms with van der Waals surface area (Å²) in [6.07, 6.45) is -9.40. The highest BCUT2D eigenvalue weighted by Crippen LogP contribution is 2.55. The minimum Gasteiger partial charge on any atom is -0.394 e. The van der Waals surface area contributed by atoms with E-state index >= 15 is 0 Å². The number of phosphoric ester groups is 1. The Bertz CT molecular complexity index is 3260. The number of ether oxygens (including phenoxy) is 5. The number of imidazole rings is 3. The van der Waals surface area contributed by atoms with E-state index in [0.29, 0.717) is 0 Å². The van der Waals surface area contributed by atoms with Crippen LogP contribution in [0.1, 0.15) is 18.7 Å². The molecular weight excluding hydrogens is 1160 g/mol. The molecule has 9 rings (SSSR count). The highest BCUT2D eigenvalue weighted by molar-refractivity contribution is 8.07. The number of nitrogen functional groups attached to an aromatic ring is 3. The summed E-state index contributed by atoms with van der Waals surface area (Å²) in [6, 6.07) is 0. The van der Waals surface area contributed by atoms with Crippen molar-refractivity contribution in [1.82, 2.24) is 58.6 Å². The van der Waals surface area contributed by atoms with Crippen molar-refractivity contribution in [3.8, 4) is 0 Å². The van der Waals surface area contributed by atoms with E-state index in [2.05, 4.69) is 44.9 Å². The molecule has 35 nitrogen and oxygen atoms in total. The fourth-order valence-corrected chi connectivity index (χ4v) is 12.9. The van der Waals surface area contributed by atoms with Crippen molar-refractivity contribution < 1.29 is 94.6 Å². The number of aliphatic hydroxyl groups is 2. The summed E-state index contributed by atoms with van der Waals surface area (Å²) in [7, 11) is -2.22. The standard InChI is InChI=1S/C34H47N15O20P4S3/c1-58-21-16(66-33(24(21)67-71(54,55)74)48-12-45-18-27(36)39-9-42-30(18)48)7-63-72(56,75)68-23-20(51)14(64-32(23)47-11-44-17-26(35)38-8-41-29(17)47)5-62-73(57,76)69-25-22(59-2)15(6-61-70(52,53)60-4-3-50)65-34(25)49-13-46-19-28(37)40-10-43-31(19)49/h8-16,20-25,32-34,50-51H,3-7H2,1-2H3,(H,52,53)(H,56,75)(H,57,76)(H2,35,38,41)(H2,36,39,42)(H2,37,40,43)(H2,54,55,74)/t14-,15-,16-,20?,21?,22?,23+,24+,25+,32-,33-,34-,72?,73?/m1/s1. The van der Waals surface area contributed by atoms with E-state index in [1.54, 1.807) is 0 Å². The Kier molecular flexibility index (Phi) is 17.2. The minimum absolute atomic E-state index is 0.00823. The molecular formula is C34H47N15O20P4S3. The van der Waals surface area contributed by atoms with Crippen LogP contribution < -0.4 is 17.2 Å². The van der Waals surface area contributed by atoms with Gasteiger partial charge in [-0.15, -0.1) is 0 Å². The predicted octanol–water partition coefficient (Wildman–Crippen LogP) is -1.71. The van der Waals surface area contributed by atoms with Crippen molar-refractivity contribution >= 4 is 114 Å². The molecule has 0 bridgehead atoms. The van der Waals surface area contributed by atoms with Crippen LogP contribution in [-0.4, -0.2) is 195 Å². The van der Waals surface area contributed by atoms with Crippen molar-refractivity contribution in [3.63, 3.8) is 0 Å². The fourth-order valence-electron chi connectivity index (χ4n) is 8.51. The molecule has 13 N–H and O–H groups in total. The van der Waals surface area contributed by atoms with Crippen LogP contribution in [0.3, 0.4) is 0 Å². The van der Waals surface area contributed by atoms with Gasteiger partial charge in [-0.1, -0.05) is 0 Å². The molecule has 0 amide bonds. The van der Waals surface area contributed by atoms with E-state index in [4.69, 9.17) is 113 Å². The van der Waals surface area contributed by atoms with Gasteiger partial charge in [-0.05, 0) is 35.4 Å². The summed E-state index contributed by atoms with van der Waals surface area (Å²) in [4.78, 5) is 91.4. The molecule has 0 saturated carbocycles. The number of phosphoric acid groups is 1. The van der Waals surface area contributed by atoms with E-state index in [1.165, 1.54) is 53.2 Å². The molecule has 3 aliphatic heterocycles. The van der Waals surface area contributed by atoms with Crippen LogP contribution in [0.4, 0.5) is 17.5 Å². The third-order valence-electron chi connectivity index (χ3n) is 11.7. The smallest absolute Gasteiger partial charge is 0.394 e. The molecule has 6 aromatic heterocycles. The molecule has 0 radical (unpaired) electrons. The van der Waals surface area contributed by atoms with Crippen molar-refractivity contribution in [2.24, 2.45) is 0 Å². The Morgan fingerprint density at radius 2 is 0.934 bits per heavy atom. The quantitative estimate of drug-likeness (QED) is 0.0319. The number of aliphatic hydroxyl groups excluding tert-OH is 2. The van der Waals surface area contributed by atoms with Crippen LogP contribution >= 0.6 is 28.0 Å². The number of aromatic nitrogens is 12. The maximum atomic E-state index is 12.6. The van der Waals surface area contributed by atoms with Crippen LogP contribution in [0, 0.1) is 0 Å². The molecule has 76 heavy (non-hydrogen) atoms. The lowest BCUT2D eigenvalue weighted by Gasteiger charge is -2.28. The third-order valence-corrected chi connectivity index (χ3v) is 16.6. The molecule has 3 fully saturated rings. The average molecular weight is 1210 g/mol. The first-order chi connectivity index (χ1) is 36.0. The number of nitrogens with two attached hydrogens (primary N) is 3. The van der Waals surface area contributed by atoms with Gasteiger partial charge in [-0.2, -0.15) is 0 Å². The second-order valence-corrected chi connectivity index (χ2v) is 26.0. The van der Waals surface area contributed by atoms with Gasteiger partial charge in [0.25, 0.3) is 0 Å². The summed E-state index contributed by atoms with van der Waals surface area (Å²) < 4.78 is 85.7. The molecule has 6 unspecified atom stereocenters. The largest absolute Gasteiger partial charge is 0.472 e. The van der Waals surface area contributed by atoms with Crippen LogP contribution in [0.2, 0.25) is 0 Å². The van der Waals surface area contributed by atoms with Gasteiger partial charge in [0, 0.05) is 14.2 Å². The monoisotopic (exact) mass is 1210 g/mol. The summed E-state index contributed by atoms with van der Waals surface area (Å²) in [5.41, 5.74) is 18.9. The first kappa shape index (κ1) is 57.2. The van der Waals surface area contributed by atoms with Gasteiger partial charge in [0.1, 0.15) is 90.5 Å². The zero-order valence-electron chi connectivity index (χ0n) is 39.0. The Hall–Kier alpha value is -3.53. The molecule has 0 aromatic carbocycles. The third kappa shape index (κ3) is 12.1. The van der Waals surface area contributed by atoms with E-state index in [-0.39, 0.29) is 50.9 Å². The molecule has 0 spiro atoms. The minimum atomic E-state index is -4.73. The fraction of sp³-hybridized carbons (Fsp3) is 0.559. The topological polar surface area (TPSA) is 478 Å². The summed E-state index contributed by atoms with van der Waals surface area (Å²) >= 11 is 15.8. The van der Waals surface area contributed by atoms with Gasteiger partial charge in [0.2, 0.25) is 0 Å². The number of methoxy groups -OCH3 is 2. The second-order valence-electron chi connectivity index (χ2n) is 16.4. The normalized spacial score (nSPS) is 29.6. The first-order valence-corrected chi connectivity index (χ1v) is 31.1. The lowest BCUT2D eigenvalue weighted by molar-refractivity contribution is -0.0601. The van der Waals surface area contributed by atoms with Gasteiger partial charge in [-0.3, -0.25) is 36.3 Å². The van der Waals surface area contributed by atoms with E-state index in [0.717, 1.165) is 12.7 Å². The lowest BCUT2D eigenvalue weighted by Crippen LogP contribution is -2.38. The van der Waals surface area contributed by atoms with Crippen LogP contribution in [0.15, 0.2) is 38.0 Å². The predicted molar refractivity (Wildman–Crippen MR) is 266 cm³/mol. The number of anilines is 3. The SMILES string of the molecule is COC1[C@@H](COP(O)(=S)O[C@H]2C(O)[C@@H](COP(O)(=S)O[C@H]3C(OC)[C@@H](COP(=O)(O)OCCO)O[C@H]3n3cnc4c(N)ncnc43)O[C@H]2n2cnc3c(N)ncnc32)O[C@@H](n2cnc3c(N)ncnc32)[C@H]1OP(O)(O)=S. The Labute approximate surface area is 441 Å². The molecule has 6 aromatic rings. The summed E-state index contributed by atoms with van der Waals surface area (Å²) in [6.45, 7) is -16.6. The number of rotatable bonds is 23. The zero-order chi connectivity index (χ0) is 54.5. The van der Waals surface area contributed by atoms with Gasteiger partial charge in [0.05, 0.1) is 52.0 Å². The first-order valence-electron chi connectivity index (χ1n) is 21.8. The molecule has 3 aliphatic rings. The molecule has 15 atom stereocenters. The van der Waals surface area contributed by atoms with E-state index in [9.17, 15) is 34.1 Å². The van der Waals surface area contributed by atoms with Crippen molar-refractivity contribution in [3.05, 3.63) is 38.0 Å². The molecule has 0 aliphatic carbocycles. The van der Waals surface area contributed by atoms with Crippen LogP contribution in [0.25, 0.3) is 33.5 Å². The van der Waals surface area contributed by atoms with Gasteiger partial charge >= 0.3 is 28.0 Å². The number of fused-ring (bicyclic) bond motifs is 3. The van der Waals surface area contributed by atoms with Crippen LogP contribution in [0.5, 0.6) is 0 Å². The molecule has 42 heteroatoms. The Balaban J connectivity index is 0.943. The average Bonchev–Trinajstić information content (AvgIpc) is 4.25. The number of hydrogen-bond acceptors (Lipinski definition) is 30. The Morgan fingerprint density at radius 3 is 1.36 bits per heavy atom. The van der Waals surface area contributed by atoms with Gasteiger partial charge in [0.15, 0.2) is 53.1 Å². The molecule has 416 valence electrons. The van der Waals surface area contributed by atoms with E-state index in [1.807, 2.05) is 0 Å². The lowest BCUT2D eigenvalue weighted by atomic mass is 10.1. The van der Waals surface area contributed by atoms with Gasteiger partial charge < -0.3 is 84.6 Å². The second kappa shape index (κ2) is 22.9. The maximum absolute atomic E-state index is 12.6.